The van der Waals surface area contributed by atoms with Gasteiger partial charge in [-0.05, 0) is 12.5 Å². The second-order valence-electron chi connectivity index (χ2n) is 3.71. The van der Waals surface area contributed by atoms with E-state index in [9.17, 15) is 14.7 Å². The Labute approximate surface area is 107 Å². The number of benzene rings is 1. The van der Waals surface area contributed by atoms with Crippen LogP contribution in [0, 0.1) is 6.92 Å². The van der Waals surface area contributed by atoms with Crippen LogP contribution in [0.25, 0.3) is 11.1 Å². The van der Waals surface area contributed by atoms with Crippen molar-refractivity contribution in [2.45, 2.75) is 6.92 Å². The summed E-state index contributed by atoms with van der Waals surface area (Å²) in [5, 5.41) is 18.7. The maximum atomic E-state index is 12.1. The van der Waals surface area contributed by atoms with Crippen LogP contribution in [0.2, 0.25) is 0 Å². The van der Waals surface area contributed by atoms with Gasteiger partial charge in [-0.3, -0.25) is 4.79 Å². The van der Waals surface area contributed by atoms with Gasteiger partial charge in [-0.25, -0.2) is 4.79 Å². The highest BCUT2D eigenvalue weighted by atomic mass is 32.1. The molecule has 1 aromatic carbocycles. The predicted molar refractivity (Wildman–Crippen MR) is 69.4 cm³/mol. The van der Waals surface area contributed by atoms with Crippen molar-refractivity contribution in [1.82, 2.24) is 0 Å². The summed E-state index contributed by atoms with van der Waals surface area (Å²) in [5.41, 5.74) is -0.374. The molecule has 92 valence electrons. The number of aryl methyl sites for hydroxylation is 1. The topological polar surface area (TPSA) is 74.6 Å². The Bertz CT molecular complexity index is 659. The molecule has 2 aromatic rings. The predicted octanol–water partition coefficient (Wildman–Crippen LogP) is 2.49. The first kappa shape index (κ1) is 12.3. The molecule has 18 heavy (non-hydrogen) atoms. The van der Waals surface area contributed by atoms with Crippen molar-refractivity contribution >= 4 is 17.3 Å². The van der Waals surface area contributed by atoms with Gasteiger partial charge in [0.05, 0.1) is 5.56 Å². The van der Waals surface area contributed by atoms with Crippen molar-refractivity contribution in [3.63, 3.8) is 0 Å². The minimum Gasteiger partial charge on any atom is -0.499 e. The lowest BCUT2D eigenvalue weighted by molar-refractivity contribution is 0.0695. The Morgan fingerprint density at radius 1 is 1.22 bits per heavy atom. The molecule has 0 aliphatic heterocycles. The Morgan fingerprint density at radius 2 is 1.83 bits per heavy atom. The molecule has 4 nitrogen and oxygen atoms in total. The quantitative estimate of drug-likeness (QED) is 0.872. The lowest BCUT2D eigenvalue weighted by Crippen LogP contribution is -2.17. The summed E-state index contributed by atoms with van der Waals surface area (Å²) in [5.74, 6) is -1.27. The maximum Gasteiger partial charge on any atom is 0.340 e. The molecular weight excluding hydrogens is 252 g/mol. The number of aromatic carboxylic acids is 1. The fourth-order valence-electron chi connectivity index (χ4n) is 1.74. The smallest absolute Gasteiger partial charge is 0.340 e. The van der Waals surface area contributed by atoms with E-state index in [1.54, 1.807) is 30.3 Å². The third kappa shape index (κ3) is 2.00. The fourth-order valence-corrected chi connectivity index (χ4v) is 2.62. The van der Waals surface area contributed by atoms with E-state index in [0.29, 0.717) is 10.4 Å². The van der Waals surface area contributed by atoms with Crippen molar-refractivity contribution in [3.8, 4) is 16.2 Å². The van der Waals surface area contributed by atoms with E-state index in [2.05, 4.69) is 0 Å². The number of hydrogen-bond donors (Lipinski definition) is 2. The van der Waals surface area contributed by atoms with Crippen LogP contribution in [0.15, 0.2) is 35.1 Å². The van der Waals surface area contributed by atoms with Crippen molar-refractivity contribution in [3.05, 3.63) is 51.0 Å². The third-order valence-electron chi connectivity index (χ3n) is 2.55. The van der Waals surface area contributed by atoms with E-state index >= 15 is 0 Å². The van der Waals surface area contributed by atoms with E-state index in [0.717, 1.165) is 11.3 Å². The first-order valence-corrected chi connectivity index (χ1v) is 5.99. The normalized spacial score (nSPS) is 10.3. The molecule has 0 saturated carbocycles. The summed E-state index contributed by atoms with van der Waals surface area (Å²) in [6, 6.07) is 8.54. The van der Waals surface area contributed by atoms with Crippen LogP contribution in [0.4, 0.5) is 0 Å². The van der Waals surface area contributed by atoms with Crippen LogP contribution in [-0.2, 0) is 0 Å². The average molecular weight is 262 g/mol. The largest absolute Gasteiger partial charge is 0.499 e. The molecule has 1 aromatic heterocycles. The van der Waals surface area contributed by atoms with Gasteiger partial charge in [-0.2, -0.15) is 0 Å². The zero-order chi connectivity index (χ0) is 13.3. The Balaban J connectivity index is 2.81. The highest BCUT2D eigenvalue weighted by Gasteiger charge is 2.20. The first-order valence-electron chi connectivity index (χ1n) is 5.17. The highest BCUT2D eigenvalue weighted by Crippen LogP contribution is 2.32. The van der Waals surface area contributed by atoms with Gasteiger partial charge in [0.2, 0.25) is 5.43 Å². The van der Waals surface area contributed by atoms with E-state index in [4.69, 9.17) is 5.11 Å². The Kier molecular flexibility index (Phi) is 3.16. The number of hydrogen-bond acceptors (Lipinski definition) is 4. The standard InChI is InChI=1S/C13H10O4S/c1-7-9(12(15)16)11(14)10(13(17)18-7)8-5-3-2-4-6-8/h2-6,17H,1H3,(H,15,16). The van der Waals surface area contributed by atoms with Gasteiger partial charge in [0.25, 0.3) is 0 Å². The number of carboxylic acid groups (broad SMARTS) is 1. The second kappa shape index (κ2) is 4.62. The van der Waals surface area contributed by atoms with E-state index in [-0.39, 0.29) is 16.2 Å². The van der Waals surface area contributed by atoms with Crippen molar-refractivity contribution in [1.29, 1.82) is 0 Å². The molecule has 2 N–H and O–H groups in total. The summed E-state index contributed by atoms with van der Waals surface area (Å²) >= 11 is 0.897. The van der Waals surface area contributed by atoms with Crippen molar-refractivity contribution in [2.24, 2.45) is 0 Å². The third-order valence-corrected chi connectivity index (χ3v) is 3.45. The average Bonchev–Trinajstić information content (AvgIpc) is 2.28. The van der Waals surface area contributed by atoms with Gasteiger partial charge < -0.3 is 10.2 Å². The van der Waals surface area contributed by atoms with E-state index < -0.39 is 11.4 Å². The molecule has 0 amide bonds. The number of carbonyl (C=O) groups is 1. The SMILES string of the molecule is Cc1sc(O)c(-c2ccccc2)c(=O)c1C(=O)O. The lowest BCUT2D eigenvalue weighted by atomic mass is 10.1. The number of aromatic hydroxyl groups is 1. The summed E-state index contributed by atoms with van der Waals surface area (Å²) in [6.45, 7) is 1.50. The lowest BCUT2D eigenvalue weighted by Gasteiger charge is -2.06. The number of carboxylic acids is 1. The monoisotopic (exact) mass is 262 g/mol. The van der Waals surface area contributed by atoms with Crippen LogP contribution < -0.4 is 5.43 Å². The van der Waals surface area contributed by atoms with Gasteiger partial charge in [0.1, 0.15) is 5.56 Å². The van der Waals surface area contributed by atoms with Crippen molar-refractivity contribution in [2.75, 3.05) is 0 Å². The molecule has 0 saturated heterocycles. The van der Waals surface area contributed by atoms with Gasteiger partial charge in [-0.1, -0.05) is 30.3 Å². The molecule has 0 spiro atoms. The van der Waals surface area contributed by atoms with Crippen LogP contribution in [0.1, 0.15) is 15.2 Å². The van der Waals surface area contributed by atoms with Gasteiger partial charge in [0.15, 0.2) is 5.06 Å². The van der Waals surface area contributed by atoms with Gasteiger partial charge >= 0.3 is 5.97 Å². The molecule has 5 heteroatoms. The Hall–Kier alpha value is -2.14. The van der Waals surface area contributed by atoms with Crippen LogP contribution in [0.5, 0.6) is 5.06 Å². The Morgan fingerprint density at radius 3 is 2.39 bits per heavy atom. The summed E-state index contributed by atoms with van der Waals surface area (Å²) in [6.07, 6.45) is 0. The van der Waals surface area contributed by atoms with Crippen LogP contribution in [-0.4, -0.2) is 16.2 Å². The molecular formula is C13H10O4S. The first-order chi connectivity index (χ1) is 8.52. The molecule has 2 rings (SSSR count). The molecule has 0 aliphatic carbocycles. The molecule has 1 heterocycles. The van der Waals surface area contributed by atoms with Crippen molar-refractivity contribution < 1.29 is 15.0 Å². The number of rotatable bonds is 2. The molecule has 0 fully saturated rings. The maximum absolute atomic E-state index is 12.1. The minimum atomic E-state index is -1.27. The van der Waals surface area contributed by atoms with E-state index in [1.807, 2.05) is 0 Å². The van der Waals surface area contributed by atoms with Crippen LogP contribution >= 0.6 is 11.3 Å². The molecule has 0 atom stereocenters. The zero-order valence-electron chi connectivity index (χ0n) is 9.51. The summed E-state index contributed by atoms with van der Waals surface area (Å²) < 4.78 is 0. The second-order valence-corrected chi connectivity index (χ2v) is 4.92. The zero-order valence-corrected chi connectivity index (χ0v) is 10.3. The van der Waals surface area contributed by atoms with Gasteiger partial charge in [-0.15, -0.1) is 11.3 Å². The molecule has 0 bridgehead atoms. The molecule has 0 aliphatic rings. The summed E-state index contributed by atoms with van der Waals surface area (Å²) in [4.78, 5) is 23.5. The summed E-state index contributed by atoms with van der Waals surface area (Å²) in [7, 11) is 0. The van der Waals surface area contributed by atoms with Crippen LogP contribution in [0.3, 0.4) is 0 Å². The molecule has 0 radical (unpaired) electrons. The van der Waals surface area contributed by atoms with E-state index in [1.165, 1.54) is 6.92 Å². The minimum absolute atomic E-state index is 0.0450. The molecule has 0 unspecified atom stereocenters. The fraction of sp³-hybridized carbons (Fsp3) is 0.0769. The highest BCUT2D eigenvalue weighted by molar-refractivity contribution is 7.14. The van der Waals surface area contributed by atoms with Gasteiger partial charge in [0, 0.05) is 4.88 Å².